The normalized spacial score (nSPS) is 21.6. The van der Waals surface area contributed by atoms with Crippen LogP contribution >= 0.6 is 0 Å². The van der Waals surface area contributed by atoms with E-state index in [2.05, 4.69) is 5.32 Å². The molecule has 1 fully saturated rings. The number of ether oxygens (including phenoxy) is 1. The van der Waals surface area contributed by atoms with E-state index in [1.165, 1.54) is 0 Å². The number of methoxy groups -OCH3 is 1. The van der Waals surface area contributed by atoms with Crippen LogP contribution in [0.5, 0.6) is 0 Å². The van der Waals surface area contributed by atoms with Crippen molar-refractivity contribution in [3.8, 4) is 0 Å². The Morgan fingerprint density at radius 3 is 2.60 bits per heavy atom. The number of nitrogens with one attached hydrogen (secondary N) is 1. The molecule has 1 aromatic carbocycles. The van der Waals surface area contributed by atoms with Crippen molar-refractivity contribution in [1.82, 2.24) is 5.32 Å². The molecule has 2 N–H and O–H groups in total. The average molecular weight is 277 g/mol. The van der Waals surface area contributed by atoms with Crippen molar-refractivity contribution < 1.29 is 19.4 Å². The minimum atomic E-state index is -0.830. The number of carbonyl (C=O) groups excluding carboxylic acids is 1. The lowest BCUT2D eigenvalue weighted by Gasteiger charge is -2.17. The summed E-state index contributed by atoms with van der Waals surface area (Å²) in [6.07, 6.45) is 2.20. The molecule has 5 nitrogen and oxygen atoms in total. The van der Waals surface area contributed by atoms with Crippen molar-refractivity contribution in [3.63, 3.8) is 0 Å². The smallest absolute Gasteiger partial charge is 0.308 e. The van der Waals surface area contributed by atoms with Crippen LogP contribution in [0.1, 0.15) is 35.2 Å². The van der Waals surface area contributed by atoms with E-state index in [1.807, 2.05) is 12.1 Å². The first-order chi connectivity index (χ1) is 9.61. The summed E-state index contributed by atoms with van der Waals surface area (Å²) in [5.74, 6) is -1.51. The molecule has 0 heterocycles. The van der Waals surface area contributed by atoms with Gasteiger partial charge in [0.15, 0.2) is 0 Å². The summed E-state index contributed by atoms with van der Waals surface area (Å²) in [6.45, 7) is 0.506. The van der Waals surface area contributed by atoms with Gasteiger partial charge in [-0.05, 0) is 30.5 Å². The molecule has 0 aliphatic heterocycles. The van der Waals surface area contributed by atoms with Crippen molar-refractivity contribution >= 4 is 11.9 Å². The summed E-state index contributed by atoms with van der Waals surface area (Å²) in [7, 11) is 1.62. The molecule has 2 atom stereocenters. The van der Waals surface area contributed by atoms with Gasteiger partial charge < -0.3 is 15.2 Å². The molecular weight excluding hydrogens is 258 g/mol. The standard InChI is InChI=1S/C15H19NO4/c1-20-9-10-5-7-11(8-6-10)14(17)16-13-4-2-3-12(13)15(18)19/h5-8,12-13H,2-4,9H2,1H3,(H,16,17)(H,18,19). The molecule has 1 aromatic rings. The maximum Gasteiger partial charge on any atom is 0.308 e. The van der Waals surface area contributed by atoms with Crippen LogP contribution in [-0.2, 0) is 16.1 Å². The van der Waals surface area contributed by atoms with Crippen LogP contribution < -0.4 is 5.32 Å². The summed E-state index contributed by atoms with van der Waals surface area (Å²) in [5.41, 5.74) is 1.54. The molecule has 0 spiro atoms. The molecular formula is C15H19NO4. The zero-order valence-electron chi connectivity index (χ0n) is 11.5. The Labute approximate surface area is 117 Å². The largest absolute Gasteiger partial charge is 0.481 e. The minimum Gasteiger partial charge on any atom is -0.481 e. The second-order valence-corrected chi connectivity index (χ2v) is 5.09. The van der Waals surface area contributed by atoms with E-state index in [-0.39, 0.29) is 11.9 Å². The van der Waals surface area contributed by atoms with Gasteiger partial charge in [-0.15, -0.1) is 0 Å². The van der Waals surface area contributed by atoms with Gasteiger partial charge in [-0.25, -0.2) is 0 Å². The second kappa shape index (κ2) is 6.52. The molecule has 1 amide bonds. The van der Waals surface area contributed by atoms with Gasteiger partial charge in [-0.2, -0.15) is 0 Å². The van der Waals surface area contributed by atoms with Gasteiger partial charge in [0, 0.05) is 18.7 Å². The summed E-state index contributed by atoms with van der Waals surface area (Å²) in [4.78, 5) is 23.2. The van der Waals surface area contributed by atoms with Gasteiger partial charge in [0.1, 0.15) is 0 Å². The van der Waals surface area contributed by atoms with Gasteiger partial charge >= 0.3 is 5.97 Å². The maximum absolute atomic E-state index is 12.1. The first-order valence-electron chi connectivity index (χ1n) is 6.73. The average Bonchev–Trinajstić information content (AvgIpc) is 2.88. The number of carboxylic acids is 1. The quantitative estimate of drug-likeness (QED) is 0.860. The van der Waals surface area contributed by atoms with Gasteiger partial charge in [0.25, 0.3) is 5.91 Å². The number of rotatable bonds is 5. The molecule has 0 aromatic heterocycles. The highest BCUT2D eigenvalue weighted by Crippen LogP contribution is 2.26. The van der Waals surface area contributed by atoms with Crippen LogP contribution in [-0.4, -0.2) is 30.1 Å². The summed E-state index contributed by atoms with van der Waals surface area (Å²) in [6, 6.07) is 6.87. The third-order valence-corrected chi connectivity index (χ3v) is 3.68. The summed E-state index contributed by atoms with van der Waals surface area (Å²) < 4.78 is 5.01. The third-order valence-electron chi connectivity index (χ3n) is 3.68. The minimum absolute atomic E-state index is 0.216. The fourth-order valence-electron chi connectivity index (χ4n) is 2.60. The lowest BCUT2D eigenvalue weighted by Crippen LogP contribution is -2.40. The van der Waals surface area contributed by atoms with Crippen molar-refractivity contribution in [2.45, 2.75) is 31.9 Å². The van der Waals surface area contributed by atoms with Crippen molar-refractivity contribution in [2.75, 3.05) is 7.11 Å². The Morgan fingerprint density at radius 1 is 1.30 bits per heavy atom. The molecule has 2 unspecified atom stereocenters. The first-order valence-corrected chi connectivity index (χ1v) is 6.73. The Balaban J connectivity index is 1.99. The van der Waals surface area contributed by atoms with E-state index < -0.39 is 11.9 Å². The SMILES string of the molecule is COCc1ccc(C(=O)NC2CCCC2C(=O)O)cc1. The van der Waals surface area contributed by atoms with E-state index in [0.717, 1.165) is 18.4 Å². The molecule has 20 heavy (non-hydrogen) atoms. The van der Waals surface area contributed by atoms with Crippen LogP contribution in [0, 0.1) is 5.92 Å². The molecule has 5 heteroatoms. The molecule has 1 aliphatic rings. The number of hydrogen-bond donors (Lipinski definition) is 2. The van der Waals surface area contributed by atoms with Crippen LogP contribution in [0.3, 0.4) is 0 Å². The van der Waals surface area contributed by atoms with Crippen LogP contribution in [0.25, 0.3) is 0 Å². The zero-order chi connectivity index (χ0) is 14.5. The molecule has 0 radical (unpaired) electrons. The highest BCUT2D eigenvalue weighted by Gasteiger charge is 2.33. The van der Waals surface area contributed by atoms with Crippen LogP contribution in [0.4, 0.5) is 0 Å². The predicted molar refractivity (Wildman–Crippen MR) is 73.4 cm³/mol. The van der Waals surface area contributed by atoms with Crippen LogP contribution in [0.2, 0.25) is 0 Å². The van der Waals surface area contributed by atoms with E-state index in [9.17, 15) is 9.59 Å². The monoisotopic (exact) mass is 277 g/mol. The maximum atomic E-state index is 12.1. The number of carboxylic acid groups (broad SMARTS) is 1. The molecule has 1 aliphatic carbocycles. The molecule has 1 saturated carbocycles. The lowest BCUT2D eigenvalue weighted by molar-refractivity contribution is -0.142. The number of carbonyl (C=O) groups is 2. The Morgan fingerprint density at radius 2 is 2.00 bits per heavy atom. The molecule has 0 bridgehead atoms. The van der Waals surface area contributed by atoms with E-state index >= 15 is 0 Å². The number of hydrogen-bond acceptors (Lipinski definition) is 3. The van der Waals surface area contributed by atoms with E-state index in [0.29, 0.717) is 18.6 Å². The third kappa shape index (κ3) is 3.36. The van der Waals surface area contributed by atoms with Gasteiger partial charge in [0.2, 0.25) is 0 Å². The summed E-state index contributed by atoms with van der Waals surface area (Å²) >= 11 is 0. The first kappa shape index (κ1) is 14.5. The molecule has 0 saturated heterocycles. The van der Waals surface area contributed by atoms with Crippen LogP contribution in [0.15, 0.2) is 24.3 Å². The van der Waals surface area contributed by atoms with Gasteiger partial charge in [0.05, 0.1) is 12.5 Å². The summed E-state index contributed by atoms with van der Waals surface area (Å²) in [5, 5.41) is 11.9. The fourth-order valence-corrected chi connectivity index (χ4v) is 2.60. The fraction of sp³-hybridized carbons (Fsp3) is 0.467. The zero-order valence-corrected chi connectivity index (χ0v) is 11.5. The Bertz CT molecular complexity index is 483. The van der Waals surface area contributed by atoms with Crippen molar-refractivity contribution in [3.05, 3.63) is 35.4 Å². The highest BCUT2D eigenvalue weighted by molar-refractivity contribution is 5.94. The van der Waals surface area contributed by atoms with Crippen molar-refractivity contribution in [1.29, 1.82) is 0 Å². The van der Waals surface area contributed by atoms with Gasteiger partial charge in [-0.3, -0.25) is 9.59 Å². The number of amides is 1. The Kier molecular flexibility index (Phi) is 4.74. The second-order valence-electron chi connectivity index (χ2n) is 5.09. The Hall–Kier alpha value is -1.88. The molecule has 108 valence electrons. The predicted octanol–water partition coefficient (Wildman–Crippen LogP) is 1.82. The van der Waals surface area contributed by atoms with E-state index in [4.69, 9.17) is 9.84 Å². The lowest BCUT2D eigenvalue weighted by atomic mass is 10.0. The van der Waals surface area contributed by atoms with Crippen molar-refractivity contribution in [2.24, 2.45) is 5.92 Å². The topological polar surface area (TPSA) is 75.6 Å². The van der Waals surface area contributed by atoms with Gasteiger partial charge in [-0.1, -0.05) is 18.6 Å². The number of benzene rings is 1. The van der Waals surface area contributed by atoms with E-state index in [1.54, 1.807) is 19.2 Å². The number of aliphatic carboxylic acids is 1. The highest BCUT2D eigenvalue weighted by atomic mass is 16.5. The molecule has 2 rings (SSSR count).